The first kappa shape index (κ1) is 18.4. The minimum Gasteiger partial charge on any atom is -0.457 e. The van der Waals surface area contributed by atoms with Crippen LogP contribution in [0.2, 0.25) is 0 Å². The van der Waals surface area contributed by atoms with E-state index in [4.69, 9.17) is 4.74 Å². The number of ether oxygens (including phenoxy) is 1. The summed E-state index contributed by atoms with van der Waals surface area (Å²) in [4.78, 5) is 0. The van der Waals surface area contributed by atoms with Crippen molar-refractivity contribution in [3.63, 3.8) is 0 Å². The van der Waals surface area contributed by atoms with Crippen LogP contribution in [0.15, 0.2) is 91.0 Å². The number of rotatable bonds is 7. The molecule has 142 valence electrons. The minimum atomic E-state index is -1.30. The molecule has 3 heteroatoms. The maximum absolute atomic E-state index is 14.8. The van der Waals surface area contributed by atoms with Gasteiger partial charge in [0.1, 0.15) is 23.0 Å². The number of hydrogen-bond acceptors (Lipinski definition) is 1. The van der Waals surface area contributed by atoms with Crippen molar-refractivity contribution < 1.29 is 13.5 Å². The van der Waals surface area contributed by atoms with Crippen molar-refractivity contribution in [3.8, 4) is 11.5 Å². The van der Waals surface area contributed by atoms with Crippen LogP contribution in [0.3, 0.4) is 0 Å². The molecular formula is C25H22F2O. The van der Waals surface area contributed by atoms with Gasteiger partial charge in [-0.15, -0.1) is 0 Å². The second-order valence-corrected chi connectivity index (χ2v) is 7.24. The third kappa shape index (κ3) is 4.48. The van der Waals surface area contributed by atoms with E-state index in [-0.39, 0.29) is 11.7 Å². The van der Waals surface area contributed by atoms with E-state index in [0.29, 0.717) is 6.42 Å². The molecular weight excluding hydrogens is 354 g/mol. The first-order valence-corrected chi connectivity index (χ1v) is 9.56. The van der Waals surface area contributed by atoms with E-state index in [9.17, 15) is 8.78 Å². The highest BCUT2D eigenvalue weighted by Gasteiger charge is 2.53. The molecule has 0 aromatic heterocycles. The number of para-hydroxylation sites is 1. The topological polar surface area (TPSA) is 9.23 Å². The predicted molar refractivity (Wildman–Crippen MR) is 108 cm³/mol. The standard InChI is InChI=1S/C25H22F2O/c26-21-14-12-20(13-15-21)24-18-25(24,27)16-5-4-7-19-8-6-11-23(17-19)28-22-9-2-1-3-10-22/h1-3,5-6,8-17,24H,4,7,18H2. The fourth-order valence-corrected chi connectivity index (χ4v) is 3.45. The monoisotopic (exact) mass is 376 g/mol. The molecule has 1 saturated carbocycles. The number of allylic oxidation sites excluding steroid dienone is 2. The van der Waals surface area contributed by atoms with Gasteiger partial charge in [0.15, 0.2) is 0 Å². The highest BCUT2D eigenvalue weighted by Crippen LogP contribution is 2.55. The van der Waals surface area contributed by atoms with Gasteiger partial charge in [-0.1, -0.05) is 54.6 Å². The van der Waals surface area contributed by atoms with Gasteiger partial charge < -0.3 is 4.74 Å². The molecule has 0 aliphatic heterocycles. The molecule has 0 radical (unpaired) electrons. The number of benzene rings is 3. The van der Waals surface area contributed by atoms with Crippen LogP contribution in [0.4, 0.5) is 8.78 Å². The smallest absolute Gasteiger partial charge is 0.136 e. The summed E-state index contributed by atoms with van der Waals surface area (Å²) >= 11 is 0. The zero-order valence-corrected chi connectivity index (χ0v) is 15.5. The lowest BCUT2D eigenvalue weighted by molar-refractivity contribution is 0.368. The maximum Gasteiger partial charge on any atom is 0.136 e. The van der Waals surface area contributed by atoms with E-state index in [2.05, 4.69) is 6.07 Å². The summed E-state index contributed by atoms with van der Waals surface area (Å²) in [5.41, 5.74) is 0.715. The third-order valence-corrected chi connectivity index (χ3v) is 5.08. The van der Waals surface area contributed by atoms with Gasteiger partial charge in [-0.3, -0.25) is 0 Å². The van der Waals surface area contributed by atoms with Crippen molar-refractivity contribution in [2.24, 2.45) is 0 Å². The first-order chi connectivity index (χ1) is 13.6. The van der Waals surface area contributed by atoms with Crippen molar-refractivity contribution in [2.75, 3.05) is 0 Å². The van der Waals surface area contributed by atoms with Crippen molar-refractivity contribution >= 4 is 0 Å². The van der Waals surface area contributed by atoms with Crippen LogP contribution in [-0.4, -0.2) is 5.67 Å². The normalized spacial score (nSPS) is 21.0. The van der Waals surface area contributed by atoms with Gasteiger partial charge in [-0.05, 0) is 66.8 Å². The van der Waals surface area contributed by atoms with Crippen LogP contribution in [0.1, 0.15) is 29.9 Å². The predicted octanol–water partition coefficient (Wildman–Crippen LogP) is 7.00. The van der Waals surface area contributed by atoms with Gasteiger partial charge in [0.05, 0.1) is 0 Å². The SMILES string of the molecule is Fc1ccc(C2CC2(F)C=CCCc2cccc(Oc3ccccc3)c2)cc1. The van der Waals surface area contributed by atoms with Crippen molar-refractivity contribution in [1.29, 1.82) is 0 Å². The summed E-state index contributed by atoms with van der Waals surface area (Å²) in [6, 6.07) is 23.8. The van der Waals surface area contributed by atoms with Gasteiger partial charge in [0.2, 0.25) is 0 Å². The third-order valence-electron chi connectivity index (χ3n) is 5.08. The van der Waals surface area contributed by atoms with E-state index >= 15 is 0 Å². The van der Waals surface area contributed by atoms with Crippen LogP contribution in [0, 0.1) is 5.82 Å². The summed E-state index contributed by atoms with van der Waals surface area (Å²) in [7, 11) is 0. The van der Waals surface area contributed by atoms with Crippen LogP contribution < -0.4 is 4.74 Å². The Labute approximate surface area is 164 Å². The Hall–Kier alpha value is -2.94. The molecule has 2 atom stereocenters. The number of halogens is 2. The highest BCUT2D eigenvalue weighted by atomic mass is 19.1. The van der Waals surface area contributed by atoms with Gasteiger partial charge in [0, 0.05) is 5.92 Å². The zero-order valence-electron chi connectivity index (χ0n) is 15.5. The molecule has 1 fully saturated rings. The van der Waals surface area contributed by atoms with Gasteiger partial charge >= 0.3 is 0 Å². The molecule has 28 heavy (non-hydrogen) atoms. The number of alkyl halides is 1. The molecule has 1 aliphatic rings. The molecule has 0 bridgehead atoms. The summed E-state index contributed by atoms with van der Waals surface area (Å²) in [6.45, 7) is 0. The summed E-state index contributed by atoms with van der Waals surface area (Å²) in [5.74, 6) is 1.16. The van der Waals surface area contributed by atoms with Crippen LogP contribution in [0.5, 0.6) is 11.5 Å². The summed E-state index contributed by atoms with van der Waals surface area (Å²) in [5, 5.41) is 0. The van der Waals surface area contributed by atoms with Crippen LogP contribution >= 0.6 is 0 Å². The minimum absolute atomic E-state index is 0.160. The van der Waals surface area contributed by atoms with E-state index in [1.807, 2.05) is 54.6 Å². The van der Waals surface area contributed by atoms with Gasteiger partial charge in [0.25, 0.3) is 0 Å². The average Bonchev–Trinajstić information content (AvgIpc) is 3.38. The molecule has 0 spiro atoms. The van der Waals surface area contributed by atoms with E-state index in [1.165, 1.54) is 12.1 Å². The van der Waals surface area contributed by atoms with Crippen molar-refractivity contribution in [3.05, 3.63) is 108 Å². The molecule has 2 unspecified atom stereocenters. The Morgan fingerprint density at radius 3 is 2.46 bits per heavy atom. The molecule has 3 aromatic rings. The molecule has 3 aromatic carbocycles. The Morgan fingerprint density at radius 1 is 0.929 bits per heavy atom. The quantitative estimate of drug-likeness (QED) is 0.403. The Balaban J connectivity index is 1.30. The zero-order chi connectivity index (χ0) is 19.4. The maximum atomic E-state index is 14.8. The fraction of sp³-hybridized carbons (Fsp3) is 0.200. The van der Waals surface area contributed by atoms with Gasteiger partial charge in [-0.25, -0.2) is 8.78 Å². The molecule has 0 saturated heterocycles. The van der Waals surface area contributed by atoms with Crippen LogP contribution in [0.25, 0.3) is 0 Å². The van der Waals surface area contributed by atoms with Crippen molar-refractivity contribution in [1.82, 2.24) is 0 Å². The van der Waals surface area contributed by atoms with E-state index in [0.717, 1.165) is 35.5 Å². The molecule has 0 heterocycles. The lowest BCUT2D eigenvalue weighted by Crippen LogP contribution is -1.98. The first-order valence-electron chi connectivity index (χ1n) is 9.56. The summed E-state index contributed by atoms with van der Waals surface area (Å²) in [6.07, 6.45) is 5.63. The Morgan fingerprint density at radius 2 is 1.68 bits per heavy atom. The average molecular weight is 376 g/mol. The number of aryl methyl sites for hydroxylation is 1. The van der Waals surface area contributed by atoms with Crippen molar-refractivity contribution in [2.45, 2.75) is 30.8 Å². The molecule has 1 nitrogen and oxygen atoms in total. The molecule has 4 rings (SSSR count). The molecule has 0 amide bonds. The fourth-order valence-electron chi connectivity index (χ4n) is 3.45. The van der Waals surface area contributed by atoms with Gasteiger partial charge in [-0.2, -0.15) is 0 Å². The Bertz CT molecular complexity index is 950. The second kappa shape index (κ2) is 7.97. The van der Waals surface area contributed by atoms with E-state index in [1.54, 1.807) is 18.2 Å². The number of hydrogen-bond donors (Lipinski definition) is 0. The molecule has 1 aliphatic carbocycles. The largest absolute Gasteiger partial charge is 0.457 e. The second-order valence-electron chi connectivity index (χ2n) is 7.24. The lowest BCUT2D eigenvalue weighted by Gasteiger charge is -2.07. The Kier molecular flexibility index (Phi) is 5.25. The van der Waals surface area contributed by atoms with Crippen LogP contribution in [-0.2, 0) is 6.42 Å². The summed E-state index contributed by atoms with van der Waals surface area (Å²) < 4.78 is 33.6. The highest BCUT2D eigenvalue weighted by molar-refractivity contribution is 5.37. The lowest BCUT2D eigenvalue weighted by atomic mass is 10.1. The molecule has 0 N–H and O–H groups in total. The van der Waals surface area contributed by atoms with E-state index < -0.39 is 5.67 Å².